The molecule has 1 aromatic heterocycles. The van der Waals surface area contributed by atoms with Crippen molar-refractivity contribution in [3.05, 3.63) is 23.2 Å². The number of fused-ring (bicyclic) bond motifs is 1. The molecule has 1 saturated heterocycles. The van der Waals surface area contributed by atoms with Gasteiger partial charge in [0.15, 0.2) is 0 Å². The second-order valence-corrected chi connectivity index (χ2v) is 4.55. The van der Waals surface area contributed by atoms with Crippen LogP contribution in [0.5, 0.6) is 0 Å². The molecular formula is C11H13ClN4. The zero-order valence-electron chi connectivity index (χ0n) is 9.10. The van der Waals surface area contributed by atoms with E-state index < -0.39 is 0 Å². The van der Waals surface area contributed by atoms with Gasteiger partial charge in [0, 0.05) is 13.1 Å². The van der Waals surface area contributed by atoms with E-state index in [0.717, 1.165) is 35.7 Å². The van der Waals surface area contributed by atoms with E-state index in [2.05, 4.69) is 22.1 Å². The van der Waals surface area contributed by atoms with Crippen LogP contribution in [0.2, 0.25) is 5.02 Å². The number of nitrogens with zero attached hydrogens (tertiary/aromatic N) is 4. The van der Waals surface area contributed by atoms with E-state index in [1.54, 1.807) is 0 Å². The average molecular weight is 237 g/mol. The van der Waals surface area contributed by atoms with E-state index in [4.69, 9.17) is 11.6 Å². The largest absolute Gasteiger partial charge is 0.299 e. The summed E-state index contributed by atoms with van der Waals surface area (Å²) in [6.45, 7) is 5.35. The van der Waals surface area contributed by atoms with E-state index >= 15 is 0 Å². The number of halogens is 1. The van der Waals surface area contributed by atoms with Gasteiger partial charge in [0.05, 0.1) is 11.1 Å². The Balaban J connectivity index is 1.99. The summed E-state index contributed by atoms with van der Waals surface area (Å²) in [7, 11) is 0. The molecule has 3 rings (SSSR count). The van der Waals surface area contributed by atoms with Crippen molar-refractivity contribution in [1.29, 1.82) is 0 Å². The summed E-state index contributed by atoms with van der Waals surface area (Å²) in [4.78, 5) is 2.37. The second-order valence-electron chi connectivity index (χ2n) is 4.15. The molecule has 0 amide bonds. The molecule has 1 aliphatic rings. The lowest BCUT2D eigenvalue weighted by molar-refractivity contribution is 0.107. The zero-order valence-corrected chi connectivity index (χ0v) is 9.85. The maximum Gasteiger partial charge on any atom is 0.114 e. The Morgan fingerprint density at radius 3 is 3.00 bits per heavy atom. The van der Waals surface area contributed by atoms with Gasteiger partial charge in [-0.1, -0.05) is 29.8 Å². The van der Waals surface area contributed by atoms with Gasteiger partial charge in [0.2, 0.25) is 0 Å². The van der Waals surface area contributed by atoms with Crippen LogP contribution in [-0.4, -0.2) is 39.5 Å². The zero-order chi connectivity index (χ0) is 11.1. The van der Waals surface area contributed by atoms with Crippen molar-refractivity contribution in [2.75, 3.05) is 19.6 Å². The number of hydrogen-bond acceptors (Lipinski definition) is 3. The fourth-order valence-electron chi connectivity index (χ4n) is 2.16. The lowest BCUT2D eigenvalue weighted by atomic mass is 10.1. The highest BCUT2D eigenvalue weighted by Gasteiger charge is 2.29. The van der Waals surface area contributed by atoms with E-state index in [9.17, 15) is 0 Å². The molecule has 0 spiro atoms. The first-order chi connectivity index (χ1) is 7.79. The minimum atomic E-state index is 0.421. The third-order valence-electron chi connectivity index (χ3n) is 3.17. The van der Waals surface area contributed by atoms with Crippen LogP contribution in [-0.2, 0) is 0 Å². The molecule has 0 radical (unpaired) electrons. The molecule has 1 aliphatic heterocycles. The molecule has 0 N–H and O–H groups in total. The molecule has 0 unspecified atom stereocenters. The molecule has 2 heterocycles. The Kier molecular flexibility index (Phi) is 2.33. The van der Waals surface area contributed by atoms with E-state index in [-0.39, 0.29) is 0 Å². The molecule has 84 valence electrons. The molecule has 1 aromatic carbocycles. The van der Waals surface area contributed by atoms with Gasteiger partial charge in [0.1, 0.15) is 11.0 Å². The molecule has 5 heteroatoms. The molecule has 2 aromatic rings. The predicted octanol–water partition coefficient (Wildman–Crippen LogP) is 1.96. The van der Waals surface area contributed by atoms with Gasteiger partial charge < -0.3 is 0 Å². The fourth-order valence-corrected chi connectivity index (χ4v) is 2.42. The van der Waals surface area contributed by atoms with Crippen LogP contribution < -0.4 is 0 Å². The summed E-state index contributed by atoms with van der Waals surface area (Å²) in [6, 6.07) is 6.16. The number of para-hydroxylation sites is 1. The number of aromatic nitrogens is 3. The molecule has 0 bridgehead atoms. The molecule has 0 atom stereocenters. The van der Waals surface area contributed by atoms with Gasteiger partial charge in [-0.3, -0.25) is 4.90 Å². The molecular weight excluding hydrogens is 224 g/mol. The normalized spacial score (nSPS) is 17.9. The topological polar surface area (TPSA) is 34.0 Å². The highest BCUT2D eigenvalue weighted by Crippen LogP contribution is 2.27. The van der Waals surface area contributed by atoms with Gasteiger partial charge in [-0.25, -0.2) is 4.68 Å². The van der Waals surface area contributed by atoms with Gasteiger partial charge >= 0.3 is 0 Å². The number of likely N-dealkylation sites (N-methyl/N-ethyl adjacent to an activating group) is 1. The smallest absolute Gasteiger partial charge is 0.114 e. The van der Waals surface area contributed by atoms with Crippen LogP contribution >= 0.6 is 11.6 Å². The third-order valence-corrected chi connectivity index (χ3v) is 3.48. The quantitative estimate of drug-likeness (QED) is 0.800. The summed E-state index contributed by atoms with van der Waals surface area (Å²) in [5.74, 6) is 0. The number of likely N-dealkylation sites (tertiary alicyclic amines) is 1. The minimum Gasteiger partial charge on any atom is -0.299 e. The van der Waals surface area contributed by atoms with Gasteiger partial charge in [-0.15, -0.1) is 5.10 Å². The Morgan fingerprint density at radius 2 is 2.25 bits per heavy atom. The Hall–Kier alpha value is -1.13. The van der Waals surface area contributed by atoms with Crippen molar-refractivity contribution in [3.63, 3.8) is 0 Å². The Bertz CT molecular complexity index is 516. The van der Waals surface area contributed by atoms with Gasteiger partial charge in [-0.2, -0.15) is 0 Å². The van der Waals surface area contributed by atoms with Crippen LogP contribution in [0.25, 0.3) is 11.0 Å². The molecule has 4 nitrogen and oxygen atoms in total. The van der Waals surface area contributed by atoms with Crippen molar-refractivity contribution in [1.82, 2.24) is 19.9 Å². The second kappa shape index (κ2) is 3.71. The summed E-state index contributed by atoms with van der Waals surface area (Å²) in [6.07, 6.45) is 0. The molecule has 0 aliphatic carbocycles. The monoisotopic (exact) mass is 236 g/mol. The van der Waals surface area contributed by atoms with Crippen molar-refractivity contribution >= 4 is 22.6 Å². The number of rotatable bonds is 2. The highest BCUT2D eigenvalue weighted by atomic mass is 35.5. The van der Waals surface area contributed by atoms with Crippen LogP contribution in [0.3, 0.4) is 0 Å². The van der Waals surface area contributed by atoms with Crippen LogP contribution in [0.4, 0.5) is 0 Å². The first kappa shape index (κ1) is 10.1. The number of benzene rings is 1. The maximum atomic E-state index is 6.18. The highest BCUT2D eigenvalue weighted by molar-refractivity contribution is 6.34. The Labute approximate surface area is 98.8 Å². The maximum absolute atomic E-state index is 6.18. The number of hydrogen-bond donors (Lipinski definition) is 0. The fraction of sp³-hybridized carbons (Fsp3) is 0.455. The van der Waals surface area contributed by atoms with Crippen LogP contribution in [0, 0.1) is 0 Å². The lowest BCUT2D eigenvalue weighted by Gasteiger charge is -2.38. The van der Waals surface area contributed by atoms with Crippen molar-refractivity contribution < 1.29 is 0 Å². The molecule has 16 heavy (non-hydrogen) atoms. The van der Waals surface area contributed by atoms with Gasteiger partial charge in [-0.05, 0) is 18.7 Å². The van der Waals surface area contributed by atoms with Crippen molar-refractivity contribution in [2.45, 2.75) is 13.0 Å². The SMILES string of the molecule is CCN1CC(n2nnc3cccc(Cl)c32)C1. The third kappa shape index (κ3) is 1.41. The first-order valence-corrected chi connectivity index (χ1v) is 5.89. The summed E-state index contributed by atoms with van der Waals surface area (Å²) in [5.41, 5.74) is 1.84. The summed E-state index contributed by atoms with van der Waals surface area (Å²) < 4.78 is 1.96. The minimum absolute atomic E-state index is 0.421. The van der Waals surface area contributed by atoms with Crippen LogP contribution in [0.1, 0.15) is 13.0 Å². The average Bonchev–Trinajstić information content (AvgIpc) is 2.62. The Morgan fingerprint density at radius 1 is 1.44 bits per heavy atom. The van der Waals surface area contributed by atoms with Gasteiger partial charge in [0.25, 0.3) is 0 Å². The van der Waals surface area contributed by atoms with E-state index in [1.807, 2.05) is 22.9 Å². The first-order valence-electron chi connectivity index (χ1n) is 5.51. The summed E-state index contributed by atoms with van der Waals surface area (Å²) >= 11 is 6.18. The van der Waals surface area contributed by atoms with Crippen molar-refractivity contribution in [2.24, 2.45) is 0 Å². The van der Waals surface area contributed by atoms with Crippen molar-refractivity contribution in [3.8, 4) is 0 Å². The van der Waals surface area contributed by atoms with Crippen LogP contribution in [0.15, 0.2) is 18.2 Å². The lowest BCUT2D eigenvalue weighted by Crippen LogP contribution is -2.47. The van der Waals surface area contributed by atoms with E-state index in [0.29, 0.717) is 6.04 Å². The standard InChI is InChI=1S/C11H13ClN4/c1-2-15-6-8(7-15)16-11-9(12)4-3-5-10(11)13-14-16/h3-5,8H,2,6-7H2,1H3. The van der Waals surface area contributed by atoms with E-state index in [1.165, 1.54) is 0 Å². The summed E-state index contributed by atoms with van der Waals surface area (Å²) in [5, 5.41) is 9.08. The molecule has 1 fully saturated rings. The predicted molar refractivity (Wildman–Crippen MR) is 63.7 cm³/mol. The molecule has 0 saturated carbocycles.